The minimum Gasteiger partial charge on any atom is -0.345 e. The van der Waals surface area contributed by atoms with E-state index in [2.05, 4.69) is 58.0 Å². The summed E-state index contributed by atoms with van der Waals surface area (Å²) in [6.45, 7) is 4.25. The third-order valence-electron chi connectivity index (χ3n) is 4.05. The molecule has 0 aliphatic rings. The average Bonchev–Trinajstić information content (AvgIpc) is 3.20. The molecule has 0 aliphatic heterocycles. The lowest BCUT2D eigenvalue weighted by molar-refractivity contribution is 1.31. The van der Waals surface area contributed by atoms with Crippen LogP contribution in [0.5, 0.6) is 0 Å². The van der Waals surface area contributed by atoms with Crippen molar-refractivity contribution in [3.63, 3.8) is 0 Å². The molecule has 2 heterocycles. The van der Waals surface area contributed by atoms with Gasteiger partial charge in [-0.2, -0.15) is 0 Å². The number of nitrogens with zero attached hydrogens (tertiary/aromatic N) is 2. The fraction of sp³-hybridized carbons (Fsp3) is 0.111. The van der Waals surface area contributed by atoms with Crippen LogP contribution in [-0.4, -0.2) is 19.9 Å². The van der Waals surface area contributed by atoms with Gasteiger partial charge < -0.3 is 9.97 Å². The first-order chi connectivity index (χ1) is 10.7. The van der Waals surface area contributed by atoms with Crippen molar-refractivity contribution < 1.29 is 0 Å². The van der Waals surface area contributed by atoms with Crippen molar-refractivity contribution in [1.82, 2.24) is 19.9 Å². The van der Waals surface area contributed by atoms with Gasteiger partial charge in [0, 0.05) is 11.1 Å². The van der Waals surface area contributed by atoms with E-state index in [-0.39, 0.29) is 0 Å². The van der Waals surface area contributed by atoms with Gasteiger partial charge in [-0.25, -0.2) is 9.97 Å². The Labute approximate surface area is 128 Å². The number of benzene rings is 2. The van der Waals surface area contributed by atoms with Crippen LogP contribution in [0.25, 0.3) is 33.3 Å². The monoisotopic (exact) mass is 288 g/mol. The molecule has 108 valence electrons. The topological polar surface area (TPSA) is 57.4 Å². The molecule has 2 aromatic heterocycles. The van der Waals surface area contributed by atoms with Crippen LogP contribution in [-0.2, 0) is 0 Å². The van der Waals surface area contributed by atoms with Crippen LogP contribution in [0, 0.1) is 13.8 Å². The minimum atomic E-state index is 1.04. The highest BCUT2D eigenvalue weighted by molar-refractivity contribution is 6.05. The highest BCUT2D eigenvalue weighted by Gasteiger charge is 2.14. The minimum absolute atomic E-state index is 1.04. The Balaban J connectivity index is 2.12. The lowest BCUT2D eigenvalue weighted by Gasteiger charge is -2.14. The number of hydrogen-bond acceptors (Lipinski definition) is 2. The van der Waals surface area contributed by atoms with Crippen LogP contribution in [0.2, 0.25) is 0 Å². The van der Waals surface area contributed by atoms with E-state index in [9.17, 15) is 0 Å². The predicted molar refractivity (Wildman–Crippen MR) is 88.6 cm³/mol. The molecule has 0 saturated carbocycles. The SMILES string of the molecule is Cc1ccc2c(-c3cnc[nH]3)c(C)cc(-c3cnc[nH]3)c2c1. The fourth-order valence-electron chi connectivity index (χ4n) is 3.05. The number of aromatic amines is 2. The summed E-state index contributed by atoms with van der Waals surface area (Å²) in [7, 11) is 0. The van der Waals surface area contributed by atoms with Crippen LogP contribution in [0.15, 0.2) is 49.3 Å². The molecular weight excluding hydrogens is 272 g/mol. The lowest BCUT2D eigenvalue weighted by Crippen LogP contribution is -1.91. The molecule has 0 radical (unpaired) electrons. The van der Waals surface area contributed by atoms with Crippen LogP contribution in [0.4, 0.5) is 0 Å². The standard InChI is InChI=1S/C18H16N4/c1-11-3-4-13-14(5-11)15(16-7-19-9-21-16)6-12(2)18(13)17-8-20-10-22-17/h3-10H,1-2H3,(H,19,21)(H,20,22). The van der Waals surface area contributed by atoms with Gasteiger partial charge >= 0.3 is 0 Å². The third kappa shape index (κ3) is 1.92. The van der Waals surface area contributed by atoms with Gasteiger partial charge in [0.15, 0.2) is 0 Å². The predicted octanol–water partition coefficient (Wildman–Crippen LogP) is 4.24. The molecule has 0 saturated heterocycles. The Morgan fingerprint density at radius 2 is 1.55 bits per heavy atom. The largest absolute Gasteiger partial charge is 0.345 e. The van der Waals surface area contributed by atoms with Crippen molar-refractivity contribution in [2.45, 2.75) is 13.8 Å². The summed E-state index contributed by atoms with van der Waals surface area (Å²) in [6, 6.07) is 8.78. The molecule has 2 aromatic carbocycles. The first kappa shape index (κ1) is 12.8. The van der Waals surface area contributed by atoms with E-state index in [1.807, 2.05) is 12.4 Å². The molecule has 2 N–H and O–H groups in total. The van der Waals surface area contributed by atoms with E-state index in [1.54, 1.807) is 12.7 Å². The van der Waals surface area contributed by atoms with Gasteiger partial charge in [0.2, 0.25) is 0 Å². The van der Waals surface area contributed by atoms with Crippen LogP contribution in [0.3, 0.4) is 0 Å². The Hall–Kier alpha value is -2.88. The van der Waals surface area contributed by atoms with Crippen molar-refractivity contribution >= 4 is 10.8 Å². The smallest absolute Gasteiger partial charge is 0.0924 e. The quantitative estimate of drug-likeness (QED) is 0.579. The molecular formula is C18H16N4. The summed E-state index contributed by atoms with van der Waals surface area (Å²) in [4.78, 5) is 14.8. The summed E-state index contributed by atoms with van der Waals surface area (Å²) in [5.74, 6) is 0. The maximum absolute atomic E-state index is 4.16. The van der Waals surface area contributed by atoms with Crippen molar-refractivity contribution in [3.8, 4) is 22.5 Å². The van der Waals surface area contributed by atoms with Gasteiger partial charge in [0.05, 0.1) is 36.4 Å². The molecule has 4 rings (SSSR count). The average molecular weight is 288 g/mol. The maximum Gasteiger partial charge on any atom is 0.0924 e. The molecule has 4 heteroatoms. The van der Waals surface area contributed by atoms with Crippen molar-refractivity contribution in [2.75, 3.05) is 0 Å². The number of H-pyrrole nitrogens is 2. The molecule has 0 spiro atoms. The maximum atomic E-state index is 4.16. The molecule has 0 bridgehead atoms. The molecule has 4 aromatic rings. The second-order valence-corrected chi connectivity index (χ2v) is 5.60. The summed E-state index contributed by atoms with van der Waals surface area (Å²) in [5.41, 5.74) is 6.92. The van der Waals surface area contributed by atoms with Gasteiger partial charge in [-0.1, -0.05) is 23.8 Å². The first-order valence-corrected chi connectivity index (χ1v) is 7.25. The molecule has 0 unspecified atom stereocenters. The molecule has 0 aliphatic carbocycles. The van der Waals surface area contributed by atoms with E-state index < -0.39 is 0 Å². The third-order valence-corrected chi connectivity index (χ3v) is 4.05. The van der Waals surface area contributed by atoms with Gasteiger partial charge in [0.1, 0.15) is 0 Å². The Morgan fingerprint density at radius 1 is 0.818 bits per heavy atom. The molecule has 0 atom stereocenters. The zero-order valence-electron chi connectivity index (χ0n) is 12.5. The van der Waals surface area contributed by atoms with Crippen LogP contribution in [0.1, 0.15) is 11.1 Å². The Kier molecular flexibility index (Phi) is 2.82. The Bertz CT molecular complexity index is 935. The fourth-order valence-corrected chi connectivity index (χ4v) is 3.05. The van der Waals surface area contributed by atoms with E-state index in [1.165, 1.54) is 33.0 Å². The van der Waals surface area contributed by atoms with Crippen LogP contribution >= 0.6 is 0 Å². The highest BCUT2D eigenvalue weighted by Crippen LogP contribution is 2.37. The zero-order valence-corrected chi connectivity index (χ0v) is 12.5. The van der Waals surface area contributed by atoms with E-state index in [4.69, 9.17) is 0 Å². The van der Waals surface area contributed by atoms with E-state index in [0.717, 1.165) is 11.4 Å². The van der Waals surface area contributed by atoms with Gasteiger partial charge in [-0.15, -0.1) is 0 Å². The first-order valence-electron chi connectivity index (χ1n) is 7.25. The number of rotatable bonds is 2. The number of imidazole rings is 2. The van der Waals surface area contributed by atoms with Crippen molar-refractivity contribution in [3.05, 3.63) is 60.4 Å². The molecule has 0 amide bonds. The summed E-state index contributed by atoms with van der Waals surface area (Å²) in [6.07, 6.45) is 7.18. The number of nitrogens with one attached hydrogen (secondary N) is 2. The number of aryl methyl sites for hydroxylation is 2. The van der Waals surface area contributed by atoms with Crippen molar-refractivity contribution in [1.29, 1.82) is 0 Å². The summed E-state index contributed by atoms with van der Waals surface area (Å²) < 4.78 is 0. The summed E-state index contributed by atoms with van der Waals surface area (Å²) in [5, 5.41) is 2.44. The van der Waals surface area contributed by atoms with E-state index in [0.29, 0.717) is 0 Å². The van der Waals surface area contributed by atoms with Gasteiger partial charge in [-0.05, 0) is 36.2 Å². The van der Waals surface area contributed by atoms with Crippen molar-refractivity contribution in [2.24, 2.45) is 0 Å². The number of aromatic nitrogens is 4. The summed E-state index contributed by atoms with van der Waals surface area (Å²) >= 11 is 0. The van der Waals surface area contributed by atoms with Gasteiger partial charge in [-0.3, -0.25) is 0 Å². The molecule has 0 fully saturated rings. The zero-order chi connectivity index (χ0) is 15.1. The second kappa shape index (κ2) is 4.84. The normalized spacial score (nSPS) is 11.2. The van der Waals surface area contributed by atoms with Gasteiger partial charge in [0.25, 0.3) is 0 Å². The second-order valence-electron chi connectivity index (χ2n) is 5.60. The molecule has 22 heavy (non-hydrogen) atoms. The van der Waals surface area contributed by atoms with E-state index >= 15 is 0 Å². The highest BCUT2D eigenvalue weighted by atomic mass is 14.9. The lowest BCUT2D eigenvalue weighted by atomic mass is 9.91. The molecule has 4 nitrogen and oxygen atoms in total. The number of hydrogen-bond donors (Lipinski definition) is 2. The van der Waals surface area contributed by atoms with Crippen LogP contribution < -0.4 is 0 Å². The number of fused-ring (bicyclic) bond motifs is 1. The Morgan fingerprint density at radius 3 is 2.23 bits per heavy atom.